The number of pyridine rings is 1. The zero-order valence-electron chi connectivity index (χ0n) is 17.1. The molecule has 4 aromatic rings. The number of hydrogen-bond donors (Lipinski definition) is 0. The first-order valence-corrected chi connectivity index (χ1v) is 10.2. The van der Waals surface area contributed by atoms with Gasteiger partial charge in [0.25, 0.3) is 0 Å². The van der Waals surface area contributed by atoms with Crippen molar-refractivity contribution in [2.75, 3.05) is 18.0 Å². The fraction of sp³-hybridized carbons (Fsp3) is 0.304. The van der Waals surface area contributed by atoms with Gasteiger partial charge in [-0.25, -0.2) is 9.97 Å². The van der Waals surface area contributed by atoms with E-state index >= 15 is 0 Å². The lowest BCUT2D eigenvalue weighted by Crippen LogP contribution is -2.34. The second-order valence-electron chi connectivity index (χ2n) is 7.70. The Hall–Kier alpha value is -3.48. The Labute approximate surface area is 174 Å². The first-order valence-electron chi connectivity index (χ1n) is 10.2. The second-order valence-corrected chi connectivity index (χ2v) is 7.70. The van der Waals surface area contributed by atoms with Crippen LogP contribution >= 0.6 is 0 Å². The van der Waals surface area contributed by atoms with E-state index in [2.05, 4.69) is 32.2 Å². The number of aromatic nitrogens is 4. The van der Waals surface area contributed by atoms with Gasteiger partial charge in [0, 0.05) is 43.3 Å². The van der Waals surface area contributed by atoms with Crippen molar-refractivity contribution in [3.8, 4) is 22.6 Å². The van der Waals surface area contributed by atoms with Gasteiger partial charge in [-0.05, 0) is 56.4 Å². The summed E-state index contributed by atoms with van der Waals surface area (Å²) in [4.78, 5) is 16.0. The fourth-order valence-corrected chi connectivity index (χ4v) is 4.08. The lowest BCUT2D eigenvalue weighted by molar-refractivity contribution is 0.427. The normalized spacial score (nSPS) is 14.9. The molecule has 0 saturated carbocycles. The lowest BCUT2D eigenvalue weighted by Gasteiger charge is -2.32. The third kappa shape index (κ3) is 3.47. The van der Waals surface area contributed by atoms with Crippen LogP contribution in [0.5, 0.6) is 0 Å². The molecule has 0 aromatic carbocycles. The van der Waals surface area contributed by atoms with Gasteiger partial charge in [0.15, 0.2) is 5.76 Å². The van der Waals surface area contributed by atoms with Crippen molar-refractivity contribution in [2.45, 2.75) is 32.6 Å². The quantitative estimate of drug-likeness (QED) is 0.486. The molecule has 1 fully saturated rings. The van der Waals surface area contributed by atoms with Gasteiger partial charge in [0.2, 0.25) is 5.95 Å². The monoisotopic (exact) mass is 401 g/mol. The van der Waals surface area contributed by atoms with Crippen molar-refractivity contribution in [1.29, 1.82) is 0 Å². The molecule has 1 aliphatic heterocycles. The second kappa shape index (κ2) is 7.74. The molecule has 7 nitrogen and oxygen atoms in total. The molecule has 0 aliphatic carbocycles. The summed E-state index contributed by atoms with van der Waals surface area (Å²) >= 11 is 0. The molecule has 0 atom stereocenters. The summed E-state index contributed by atoms with van der Waals surface area (Å²) in [6, 6.07) is 8.07. The van der Waals surface area contributed by atoms with Crippen molar-refractivity contribution in [1.82, 2.24) is 20.1 Å². The summed E-state index contributed by atoms with van der Waals surface area (Å²) in [5.74, 6) is 2.76. The molecule has 0 unspecified atom stereocenters. The Balaban J connectivity index is 1.45. The van der Waals surface area contributed by atoms with Crippen LogP contribution in [0.3, 0.4) is 0 Å². The summed E-state index contributed by atoms with van der Waals surface area (Å²) in [6.07, 6.45) is 9.39. The van der Waals surface area contributed by atoms with Crippen LogP contribution in [0.1, 0.15) is 35.8 Å². The van der Waals surface area contributed by atoms with Crippen LogP contribution in [-0.4, -0.2) is 33.2 Å². The van der Waals surface area contributed by atoms with Crippen LogP contribution in [0.25, 0.3) is 22.6 Å². The van der Waals surface area contributed by atoms with Gasteiger partial charge in [-0.1, -0.05) is 5.16 Å². The zero-order valence-corrected chi connectivity index (χ0v) is 17.1. The standard InChI is InChI=1S/C23H23N5O2/c1-15-13-21(30-27-15)20-14-25-23(26-22(20)19-7-12-29-16(19)2)28-10-5-18(6-11-28)17-3-8-24-9-4-17/h3-4,7-9,12-14,18H,5-6,10-11H2,1-2H3. The Morgan fingerprint density at radius 1 is 1.03 bits per heavy atom. The van der Waals surface area contributed by atoms with E-state index < -0.39 is 0 Å². The Morgan fingerprint density at radius 3 is 2.50 bits per heavy atom. The molecule has 0 amide bonds. The van der Waals surface area contributed by atoms with E-state index in [1.54, 1.807) is 6.26 Å². The van der Waals surface area contributed by atoms with Crippen LogP contribution < -0.4 is 4.90 Å². The fourth-order valence-electron chi connectivity index (χ4n) is 4.08. The maximum Gasteiger partial charge on any atom is 0.225 e. The van der Waals surface area contributed by atoms with E-state index in [4.69, 9.17) is 13.9 Å². The molecule has 5 rings (SSSR count). The largest absolute Gasteiger partial charge is 0.469 e. The minimum atomic E-state index is 0.552. The molecule has 1 saturated heterocycles. The highest BCUT2D eigenvalue weighted by Crippen LogP contribution is 2.35. The molecule has 5 heterocycles. The number of piperidine rings is 1. The van der Waals surface area contributed by atoms with Crippen molar-refractivity contribution in [2.24, 2.45) is 0 Å². The van der Waals surface area contributed by atoms with Crippen LogP contribution in [0, 0.1) is 13.8 Å². The van der Waals surface area contributed by atoms with Crippen LogP contribution in [0.2, 0.25) is 0 Å². The molecular weight excluding hydrogens is 378 g/mol. The summed E-state index contributed by atoms with van der Waals surface area (Å²) in [5, 5.41) is 4.02. The Bertz CT molecular complexity index is 1140. The summed E-state index contributed by atoms with van der Waals surface area (Å²) in [6.45, 7) is 5.67. The van der Waals surface area contributed by atoms with Gasteiger partial charge in [0.05, 0.1) is 23.2 Å². The molecule has 1 aliphatic rings. The van der Waals surface area contributed by atoms with Crippen molar-refractivity contribution < 1.29 is 8.94 Å². The zero-order chi connectivity index (χ0) is 20.5. The first kappa shape index (κ1) is 18.5. The number of furan rings is 1. The number of hydrogen-bond acceptors (Lipinski definition) is 7. The average molecular weight is 401 g/mol. The molecular formula is C23H23N5O2. The van der Waals surface area contributed by atoms with Gasteiger partial charge < -0.3 is 13.8 Å². The lowest BCUT2D eigenvalue weighted by atomic mass is 9.90. The first-order chi connectivity index (χ1) is 14.7. The maximum atomic E-state index is 5.54. The SMILES string of the molecule is Cc1cc(-c2cnc(N3CCC(c4ccncc4)CC3)nc2-c2ccoc2C)on1. The summed E-state index contributed by atoms with van der Waals surface area (Å²) in [7, 11) is 0. The molecule has 30 heavy (non-hydrogen) atoms. The minimum Gasteiger partial charge on any atom is -0.469 e. The molecule has 0 N–H and O–H groups in total. The number of nitrogens with zero attached hydrogens (tertiary/aromatic N) is 5. The highest BCUT2D eigenvalue weighted by atomic mass is 16.5. The highest BCUT2D eigenvalue weighted by molar-refractivity contribution is 5.79. The molecule has 4 aromatic heterocycles. The molecule has 0 spiro atoms. The highest BCUT2D eigenvalue weighted by Gasteiger charge is 2.24. The number of rotatable bonds is 4. The third-order valence-electron chi connectivity index (χ3n) is 5.74. The van der Waals surface area contributed by atoms with Gasteiger partial charge in [-0.15, -0.1) is 0 Å². The van der Waals surface area contributed by atoms with Crippen LogP contribution in [-0.2, 0) is 0 Å². The van der Waals surface area contributed by atoms with E-state index in [9.17, 15) is 0 Å². The van der Waals surface area contributed by atoms with Gasteiger partial charge >= 0.3 is 0 Å². The van der Waals surface area contributed by atoms with Gasteiger partial charge in [-0.2, -0.15) is 0 Å². The van der Waals surface area contributed by atoms with Crippen molar-refractivity contribution in [3.05, 3.63) is 66.1 Å². The van der Waals surface area contributed by atoms with Crippen molar-refractivity contribution >= 4 is 5.95 Å². The van der Waals surface area contributed by atoms with Gasteiger partial charge in [-0.3, -0.25) is 4.98 Å². The summed E-state index contributed by atoms with van der Waals surface area (Å²) in [5.41, 5.74) is 4.74. The third-order valence-corrected chi connectivity index (χ3v) is 5.74. The average Bonchev–Trinajstić information content (AvgIpc) is 3.42. The molecule has 0 radical (unpaired) electrons. The molecule has 152 valence electrons. The van der Waals surface area contributed by atoms with E-state index in [0.29, 0.717) is 11.7 Å². The van der Waals surface area contributed by atoms with E-state index in [1.807, 2.05) is 44.6 Å². The van der Waals surface area contributed by atoms with Crippen molar-refractivity contribution in [3.63, 3.8) is 0 Å². The van der Waals surface area contributed by atoms with Crippen LogP contribution in [0.15, 0.2) is 58.1 Å². The minimum absolute atomic E-state index is 0.552. The number of aryl methyl sites for hydroxylation is 2. The summed E-state index contributed by atoms with van der Waals surface area (Å²) < 4.78 is 11.0. The van der Waals surface area contributed by atoms with E-state index in [-0.39, 0.29) is 0 Å². The maximum absolute atomic E-state index is 5.54. The number of anilines is 1. The van der Waals surface area contributed by atoms with E-state index in [0.717, 1.165) is 60.2 Å². The predicted molar refractivity (Wildman–Crippen MR) is 113 cm³/mol. The Kier molecular flexibility index (Phi) is 4.78. The smallest absolute Gasteiger partial charge is 0.225 e. The van der Waals surface area contributed by atoms with Crippen LogP contribution in [0.4, 0.5) is 5.95 Å². The van der Waals surface area contributed by atoms with Gasteiger partial charge in [0.1, 0.15) is 5.76 Å². The molecule has 7 heteroatoms. The predicted octanol–water partition coefficient (Wildman–Crippen LogP) is 4.79. The topological polar surface area (TPSA) is 81.1 Å². The van der Waals surface area contributed by atoms with E-state index in [1.165, 1.54) is 5.56 Å². The molecule has 0 bridgehead atoms. The Morgan fingerprint density at radius 2 is 1.83 bits per heavy atom.